The number of esters is 1. The van der Waals surface area contributed by atoms with Crippen LogP contribution in [0.3, 0.4) is 0 Å². The van der Waals surface area contributed by atoms with Crippen LogP contribution in [0.1, 0.15) is 10.4 Å². The Balaban J connectivity index is 1.27. The fraction of sp³-hybridized carbons (Fsp3) is 0.0357. The lowest BCUT2D eigenvalue weighted by molar-refractivity contribution is -0.119. The van der Waals surface area contributed by atoms with Gasteiger partial charge in [-0.2, -0.15) is 0 Å². The van der Waals surface area contributed by atoms with Gasteiger partial charge in [0.2, 0.25) is 0 Å². The van der Waals surface area contributed by atoms with Gasteiger partial charge in [-0.1, -0.05) is 42.5 Å². The van der Waals surface area contributed by atoms with Gasteiger partial charge in [-0.05, 0) is 48.5 Å². The van der Waals surface area contributed by atoms with E-state index in [1.807, 2.05) is 42.5 Å². The first kappa shape index (κ1) is 21.9. The van der Waals surface area contributed by atoms with Crippen LogP contribution in [0.4, 0.5) is 5.69 Å². The smallest absolute Gasteiger partial charge is 0.339 e. The molecule has 0 aliphatic carbocycles. The summed E-state index contributed by atoms with van der Waals surface area (Å²) in [5.41, 5.74) is 1.94. The molecule has 0 bridgehead atoms. The maximum absolute atomic E-state index is 12.9. The molecule has 5 aromatic rings. The highest BCUT2D eigenvalue weighted by Crippen LogP contribution is 2.26. The third-order valence-corrected chi connectivity index (χ3v) is 5.14. The summed E-state index contributed by atoms with van der Waals surface area (Å²) >= 11 is 0. The summed E-state index contributed by atoms with van der Waals surface area (Å²) in [5.74, 6) is 0.677. The van der Waals surface area contributed by atoms with E-state index in [0.717, 1.165) is 0 Å². The minimum atomic E-state index is -0.632. The Morgan fingerprint density at radius 1 is 0.829 bits per heavy atom. The van der Waals surface area contributed by atoms with Crippen LogP contribution in [-0.4, -0.2) is 23.5 Å². The van der Waals surface area contributed by atoms with Crippen molar-refractivity contribution in [3.63, 3.8) is 0 Å². The van der Waals surface area contributed by atoms with Crippen molar-refractivity contribution in [3.05, 3.63) is 109 Å². The van der Waals surface area contributed by atoms with Crippen molar-refractivity contribution < 1.29 is 23.5 Å². The van der Waals surface area contributed by atoms with Crippen LogP contribution >= 0.6 is 0 Å². The summed E-state index contributed by atoms with van der Waals surface area (Å²) in [6.07, 6.45) is 1.54. The van der Waals surface area contributed by atoms with Gasteiger partial charge in [0.15, 0.2) is 12.4 Å². The van der Waals surface area contributed by atoms with E-state index >= 15 is 0 Å². The molecule has 2 heterocycles. The summed E-state index contributed by atoms with van der Waals surface area (Å²) in [5, 5.41) is 3.35. The first-order chi connectivity index (χ1) is 17.2. The molecule has 0 fully saturated rings. The van der Waals surface area contributed by atoms with Crippen molar-refractivity contribution in [1.29, 1.82) is 0 Å². The second-order valence-electron chi connectivity index (χ2n) is 7.62. The van der Waals surface area contributed by atoms with E-state index in [2.05, 4.69) is 10.3 Å². The molecule has 0 aliphatic rings. The second kappa shape index (κ2) is 9.93. The fourth-order valence-corrected chi connectivity index (χ4v) is 3.56. The molecule has 0 radical (unpaired) electrons. The first-order valence-electron chi connectivity index (χ1n) is 10.9. The van der Waals surface area contributed by atoms with E-state index in [4.69, 9.17) is 13.9 Å². The monoisotopic (exact) mass is 464 g/mol. The van der Waals surface area contributed by atoms with Crippen LogP contribution in [0, 0.1) is 0 Å². The van der Waals surface area contributed by atoms with Gasteiger partial charge >= 0.3 is 5.97 Å². The number of rotatable bonds is 7. The molecule has 0 aliphatic heterocycles. The van der Waals surface area contributed by atoms with Gasteiger partial charge in [0.25, 0.3) is 5.91 Å². The highest BCUT2D eigenvalue weighted by Gasteiger charge is 2.17. The lowest BCUT2D eigenvalue weighted by Gasteiger charge is -2.11. The normalized spacial score (nSPS) is 10.6. The zero-order valence-electron chi connectivity index (χ0n) is 18.5. The Morgan fingerprint density at radius 3 is 2.46 bits per heavy atom. The summed E-state index contributed by atoms with van der Waals surface area (Å²) in [4.78, 5) is 30.0. The predicted octanol–water partition coefficient (Wildman–Crippen LogP) is 6.08. The quantitative estimate of drug-likeness (QED) is 0.294. The molecule has 0 saturated heterocycles. The molecule has 172 valence electrons. The van der Waals surface area contributed by atoms with Crippen molar-refractivity contribution in [2.45, 2.75) is 0 Å². The molecule has 3 aromatic carbocycles. The average Bonchev–Trinajstić information content (AvgIpc) is 3.43. The van der Waals surface area contributed by atoms with Gasteiger partial charge in [-0.3, -0.25) is 4.79 Å². The van der Waals surface area contributed by atoms with Crippen molar-refractivity contribution in [2.24, 2.45) is 0 Å². The van der Waals surface area contributed by atoms with E-state index < -0.39 is 18.5 Å². The number of para-hydroxylation sites is 2. The average molecular weight is 464 g/mol. The Bertz CT molecular complexity index is 1480. The van der Waals surface area contributed by atoms with Crippen LogP contribution in [-0.2, 0) is 9.53 Å². The highest BCUT2D eigenvalue weighted by molar-refractivity contribution is 6.05. The molecule has 0 unspecified atom stereocenters. The van der Waals surface area contributed by atoms with Crippen molar-refractivity contribution in [3.8, 4) is 23.0 Å². The van der Waals surface area contributed by atoms with Gasteiger partial charge in [-0.15, -0.1) is 0 Å². The van der Waals surface area contributed by atoms with Crippen LogP contribution < -0.4 is 10.1 Å². The number of nitrogens with one attached hydrogen (secondary N) is 1. The maximum atomic E-state index is 12.9. The molecular weight excluding hydrogens is 444 g/mol. The fourth-order valence-electron chi connectivity index (χ4n) is 3.56. The van der Waals surface area contributed by atoms with Crippen LogP contribution in [0.2, 0.25) is 0 Å². The Kier molecular flexibility index (Phi) is 6.21. The van der Waals surface area contributed by atoms with E-state index in [1.54, 1.807) is 54.6 Å². The zero-order chi connectivity index (χ0) is 24.0. The number of ether oxygens (including phenoxy) is 2. The third kappa shape index (κ3) is 5.20. The molecule has 0 saturated carbocycles. The topological polar surface area (TPSA) is 90.7 Å². The van der Waals surface area contributed by atoms with E-state index in [9.17, 15) is 9.59 Å². The molecule has 7 heteroatoms. The predicted molar refractivity (Wildman–Crippen MR) is 131 cm³/mol. The minimum Gasteiger partial charge on any atom is -0.463 e. The van der Waals surface area contributed by atoms with Crippen molar-refractivity contribution >= 4 is 28.5 Å². The molecule has 0 atom stereocenters. The van der Waals surface area contributed by atoms with Gasteiger partial charge < -0.3 is 19.2 Å². The molecular formula is C28H20N2O5. The molecule has 0 spiro atoms. The van der Waals surface area contributed by atoms with Crippen LogP contribution in [0.5, 0.6) is 11.5 Å². The number of hydrogen-bond donors (Lipinski definition) is 1. The van der Waals surface area contributed by atoms with Gasteiger partial charge in [-0.25, -0.2) is 9.78 Å². The summed E-state index contributed by atoms with van der Waals surface area (Å²) in [6, 6.07) is 28.6. The molecule has 2 aromatic heterocycles. The summed E-state index contributed by atoms with van der Waals surface area (Å²) < 4.78 is 16.5. The summed E-state index contributed by atoms with van der Waals surface area (Å²) in [7, 11) is 0. The number of anilines is 1. The molecule has 5 rings (SSSR count). The third-order valence-electron chi connectivity index (χ3n) is 5.14. The number of pyridine rings is 1. The van der Waals surface area contributed by atoms with E-state index in [1.165, 1.54) is 6.26 Å². The number of fused-ring (bicyclic) bond motifs is 1. The van der Waals surface area contributed by atoms with Gasteiger partial charge in [0, 0.05) is 17.1 Å². The number of benzene rings is 3. The lowest BCUT2D eigenvalue weighted by Crippen LogP contribution is -2.21. The zero-order valence-corrected chi connectivity index (χ0v) is 18.5. The van der Waals surface area contributed by atoms with Gasteiger partial charge in [0.05, 0.1) is 17.3 Å². The number of hydrogen-bond acceptors (Lipinski definition) is 6. The first-order valence-corrected chi connectivity index (χ1v) is 10.9. The maximum Gasteiger partial charge on any atom is 0.339 e. The Hall–Kier alpha value is -4.91. The van der Waals surface area contributed by atoms with Crippen LogP contribution in [0.15, 0.2) is 108 Å². The highest BCUT2D eigenvalue weighted by atomic mass is 16.5. The lowest BCUT2D eigenvalue weighted by atomic mass is 10.1. The summed E-state index contributed by atoms with van der Waals surface area (Å²) in [6.45, 7) is -0.449. The van der Waals surface area contributed by atoms with Crippen molar-refractivity contribution in [2.75, 3.05) is 11.9 Å². The van der Waals surface area contributed by atoms with Crippen LogP contribution in [0.25, 0.3) is 22.4 Å². The number of nitrogens with zero attached hydrogens (tertiary/aromatic N) is 1. The minimum absolute atomic E-state index is 0.299. The number of amides is 1. The molecule has 35 heavy (non-hydrogen) atoms. The molecule has 7 nitrogen and oxygen atoms in total. The van der Waals surface area contributed by atoms with E-state index in [-0.39, 0.29) is 0 Å². The number of carbonyl (C=O) groups is 2. The van der Waals surface area contributed by atoms with E-state index in [0.29, 0.717) is 45.1 Å². The Labute approximate surface area is 200 Å². The largest absolute Gasteiger partial charge is 0.463 e. The molecule has 1 N–H and O–H groups in total. The second-order valence-corrected chi connectivity index (χ2v) is 7.62. The molecule has 1 amide bonds. The number of carbonyl (C=O) groups excluding carboxylic acids is 2. The van der Waals surface area contributed by atoms with Gasteiger partial charge in [0.1, 0.15) is 17.2 Å². The van der Waals surface area contributed by atoms with Crippen molar-refractivity contribution in [1.82, 2.24) is 4.98 Å². The number of aromatic nitrogens is 1. The number of furan rings is 1. The SMILES string of the molecule is O=C(COC(=O)c1cc(-c2ccco2)nc2ccccc12)Nc1cccc(Oc2ccccc2)c1. The Morgan fingerprint density at radius 2 is 1.63 bits per heavy atom. The standard InChI is InChI=1S/C28H20N2O5/c31-27(29-19-8-6-11-21(16-19)35-20-9-2-1-3-10-20)18-34-28(32)23-17-25(26-14-7-15-33-26)30-24-13-5-4-12-22(23)24/h1-17H,18H2,(H,29,31).